The molecule has 0 unspecified atom stereocenters. The topological polar surface area (TPSA) is 71.5 Å². The van der Waals surface area contributed by atoms with Crippen molar-refractivity contribution in [1.82, 2.24) is 10.3 Å². The van der Waals surface area contributed by atoms with E-state index in [1.165, 1.54) is 18.4 Å². The summed E-state index contributed by atoms with van der Waals surface area (Å²) in [6, 6.07) is -0.702. The van der Waals surface area contributed by atoms with Gasteiger partial charge in [-0.1, -0.05) is 0 Å². The van der Waals surface area contributed by atoms with Gasteiger partial charge in [0.15, 0.2) is 0 Å². The molecule has 1 rings (SSSR count). The molecule has 0 saturated carbocycles. The van der Waals surface area contributed by atoms with Crippen LogP contribution in [0.25, 0.3) is 0 Å². The first-order valence-corrected chi connectivity index (χ1v) is 5.82. The molecule has 0 amide bonds. The molecule has 0 aliphatic carbocycles. The maximum absolute atomic E-state index is 11.3. The number of hydrogen-bond acceptors (Lipinski definition) is 6. The minimum atomic E-state index is -0.791. The number of aliphatic hydroxyl groups excluding tert-OH is 1. The third-order valence-electron chi connectivity index (χ3n) is 2.26. The minimum absolute atomic E-state index is 0.461. The Hall–Kier alpha value is -0.980. The van der Waals surface area contributed by atoms with Crippen molar-refractivity contribution in [3.05, 3.63) is 16.1 Å². The van der Waals surface area contributed by atoms with Crippen molar-refractivity contribution < 1.29 is 14.6 Å². The molecular weight excluding hydrogens is 228 g/mol. The van der Waals surface area contributed by atoms with Gasteiger partial charge >= 0.3 is 5.97 Å². The number of nitrogens with one attached hydrogen (secondary N) is 1. The van der Waals surface area contributed by atoms with Gasteiger partial charge in [0.1, 0.15) is 6.04 Å². The lowest BCUT2D eigenvalue weighted by Gasteiger charge is -2.18. The Morgan fingerprint density at radius 2 is 2.44 bits per heavy atom. The summed E-state index contributed by atoms with van der Waals surface area (Å²) in [6.07, 6.45) is -0.791. The summed E-state index contributed by atoms with van der Waals surface area (Å²) < 4.78 is 4.60. The second kappa shape index (κ2) is 5.93. The van der Waals surface area contributed by atoms with E-state index in [4.69, 9.17) is 0 Å². The average molecular weight is 244 g/mol. The molecule has 0 aliphatic heterocycles. The van der Waals surface area contributed by atoms with Gasteiger partial charge in [-0.3, -0.25) is 10.1 Å². The number of hydrogen-bond donors (Lipinski definition) is 2. The average Bonchev–Trinajstić information content (AvgIpc) is 2.64. The number of esters is 1. The normalized spacial score (nSPS) is 14.5. The number of aryl methyl sites for hydroxylation is 1. The molecule has 1 aromatic heterocycles. The molecule has 1 aromatic rings. The van der Waals surface area contributed by atoms with Crippen molar-refractivity contribution in [3.63, 3.8) is 0 Å². The Morgan fingerprint density at radius 1 is 1.75 bits per heavy atom. The second-order valence-electron chi connectivity index (χ2n) is 3.48. The summed E-state index contributed by atoms with van der Waals surface area (Å²) in [7, 11) is 1.30. The van der Waals surface area contributed by atoms with Crippen LogP contribution < -0.4 is 5.32 Å². The summed E-state index contributed by atoms with van der Waals surface area (Å²) in [6.45, 7) is 3.96. The zero-order valence-electron chi connectivity index (χ0n) is 9.56. The van der Waals surface area contributed by atoms with E-state index in [-0.39, 0.29) is 0 Å². The van der Waals surface area contributed by atoms with Crippen LogP contribution in [0.3, 0.4) is 0 Å². The van der Waals surface area contributed by atoms with E-state index in [1.54, 1.807) is 12.4 Å². The van der Waals surface area contributed by atoms with Gasteiger partial charge in [0.05, 0.1) is 24.4 Å². The van der Waals surface area contributed by atoms with E-state index in [0.717, 1.165) is 10.6 Å². The van der Waals surface area contributed by atoms with Crippen LogP contribution in [-0.2, 0) is 16.1 Å². The van der Waals surface area contributed by atoms with Gasteiger partial charge in [0.2, 0.25) is 0 Å². The zero-order valence-corrected chi connectivity index (χ0v) is 10.4. The summed E-state index contributed by atoms with van der Waals surface area (Å²) >= 11 is 1.52. The maximum Gasteiger partial charge on any atom is 0.325 e. The number of aromatic nitrogens is 1. The van der Waals surface area contributed by atoms with E-state index in [0.29, 0.717) is 6.54 Å². The maximum atomic E-state index is 11.3. The fourth-order valence-corrected chi connectivity index (χ4v) is 2.00. The molecule has 16 heavy (non-hydrogen) atoms. The molecule has 0 aliphatic rings. The highest BCUT2D eigenvalue weighted by Crippen LogP contribution is 2.12. The highest BCUT2D eigenvalue weighted by molar-refractivity contribution is 7.09. The summed E-state index contributed by atoms with van der Waals surface area (Å²) in [5, 5.41) is 12.4. The van der Waals surface area contributed by atoms with Gasteiger partial charge in [0, 0.05) is 11.4 Å². The first kappa shape index (κ1) is 13.1. The third-order valence-corrected chi connectivity index (χ3v) is 3.20. The van der Waals surface area contributed by atoms with Crippen molar-refractivity contribution >= 4 is 17.3 Å². The molecule has 1 heterocycles. The van der Waals surface area contributed by atoms with E-state index in [2.05, 4.69) is 15.0 Å². The van der Waals surface area contributed by atoms with Crippen molar-refractivity contribution in [1.29, 1.82) is 0 Å². The first-order valence-electron chi connectivity index (χ1n) is 4.94. The smallest absolute Gasteiger partial charge is 0.325 e. The summed E-state index contributed by atoms with van der Waals surface area (Å²) in [4.78, 5) is 16.5. The standard InChI is InChI=1S/C10H16N2O3S/c1-6-8(16-5-12-6)4-11-9(7(2)13)10(14)15-3/h5,7,9,11,13H,4H2,1-3H3/t7-,9+/m1/s1. The lowest BCUT2D eigenvalue weighted by molar-refractivity contribution is -0.145. The van der Waals surface area contributed by atoms with Gasteiger partial charge < -0.3 is 9.84 Å². The van der Waals surface area contributed by atoms with E-state index >= 15 is 0 Å². The van der Waals surface area contributed by atoms with Crippen molar-refractivity contribution in [2.75, 3.05) is 7.11 Å². The van der Waals surface area contributed by atoms with Crippen LogP contribution in [0, 0.1) is 6.92 Å². The number of carbonyl (C=O) groups is 1. The highest BCUT2D eigenvalue weighted by atomic mass is 32.1. The molecule has 5 nitrogen and oxygen atoms in total. The largest absolute Gasteiger partial charge is 0.468 e. The Labute approximate surface area is 98.5 Å². The van der Waals surface area contributed by atoms with Crippen LogP contribution in [0.1, 0.15) is 17.5 Å². The quantitative estimate of drug-likeness (QED) is 0.736. The van der Waals surface area contributed by atoms with Gasteiger partial charge in [-0.15, -0.1) is 11.3 Å². The Kier molecular flexibility index (Phi) is 4.85. The first-order chi connectivity index (χ1) is 7.56. The fourth-order valence-electron chi connectivity index (χ4n) is 1.28. The molecule has 2 atom stereocenters. The van der Waals surface area contributed by atoms with Crippen LogP contribution in [0.5, 0.6) is 0 Å². The fraction of sp³-hybridized carbons (Fsp3) is 0.600. The SMILES string of the molecule is COC(=O)[C@@H](NCc1scnc1C)[C@@H](C)O. The Morgan fingerprint density at radius 3 is 2.88 bits per heavy atom. The van der Waals surface area contributed by atoms with Crippen LogP contribution in [0.2, 0.25) is 0 Å². The van der Waals surface area contributed by atoms with E-state index in [9.17, 15) is 9.90 Å². The lowest BCUT2D eigenvalue weighted by Crippen LogP contribution is -2.45. The molecule has 0 radical (unpaired) electrons. The highest BCUT2D eigenvalue weighted by Gasteiger charge is 2.24. The van der Waals surface area contributed by atoms with E-state index in [1.807, 2.05) is 6.92 Å². The zero-order chi connectivity index (χ0) is 12.1. The monoisotopic (exact) mass is 244 g/mol. The number of carbonyl (C=O) groups excluding carboxylic acids is 1. The molecule has 2 N–H and O–H groups in total. The predicted octanol–water partition coefficient (Wildman–Crippen LogP) is 0.464. The number of methoxy groups -OCH3 is 1. The van der Waals surface area contributed by atoms with Crippen LogP contribution in [0.4, 0.5) is 0 Å². The van der Waals surface area contributed by atoms with Crippen molar-refractivity contribution in [3.8, 4) is 0 Å². The van der Waals surface area contributed by atoms with Crippen molar-refractivity contribution in [2.24, 2.45) is 0 Å². The van der Waals surface area contributed by atoms with Crippen LogP contribution in [-0.4, -0.2) is 35.3 Å². The Balaban J connectivity index is 2.57. The number of aliphatic hydroxyl groups is 1. The molecule has 0 spiro atoms. The molecule has 6 heteroatoms. The molecule has 0 saturated heterocycles. The lowest BCUT2D eigenvalue weighted by atomic mass is 10.2. The van der Waals surface area contributed by atoms with Gasteiger partial charge in [0.25, 0.3) is 0 Å². The minimum Gasteiger partial charge on any atom is -0.468 e. The summed E-state index contributed by atoms with van der Waals surface area (Å²) in [5.74, 6) is -0.461. The molecular formula is C10H16N2O3S. The molecule has 0 fully saturated rings. The Bertz CT molecular complexity index is 352. The molecule has 90 valence electrons. The van der Waals surface area contributed by atoms with Gasteiger partial charge in [-0.2, -0.15) is 0 Å². The third kappa shape index (κ3) is 3.26. The van der Waals surface area contributed by atoms with E-state index < -0.39 is 18.1 Å². The molecule has 0 aromatic carbocycles. The van der Waals surface area contributed by atoms with Crippen molar-refractivity contribution in [2.45, 2.75) is 32.5 Å². The second-order valence-corrected chi connectivity index (χ2v) is 4.42. The number of rotatable bonds is 5. The summed E-state index contributed by atoms with van der Waals surface area (Å²) in [5.41, 5.74) is 2.69. The predicted molar refractivity (Wildman–Crippen MR) is 61.2 cm³/mol. The number of nitrogens with zero attached hydrogens (tertiary/aromatic N) is 1. The molecule has 0 bridgehead atoms. The van der Waals surface area contributed by atoms with Crippen LogP contribution in [0.15, 0.2) is 5.51 Å². The van der Waals surface area contributed by atoms with Gasteiger partial charge in [-0.05, 0) is 13.8 Å². The number of thiazole rings is 1. The number of ether oxygens (including phenoxy) is 1. The van der Waals surface area contributed by atoms with Gasteiger partial charge in [-0.25, -0.2) is 4.98 Å². The van der Waals surface area contributed by atoms with Crippen LogP contribution >= 0.6 is 11.3 Å².